The molecule has 0 aromatic carbocycles. The number of hydrogen-bond donors (Lipinski definition) is 0. The first-order chi connectivity index (χ1) is 6.13. The molecule has 0 aliphatic rings. The van der Waals surface area contributed by atoms with Gasteiger partial charge < -0.3 is 9.64 Å². The van der Waals surface area contributed by atoms with Gasteiger partial charge in [0, 0.05) is 13.5 Å². The van der Waals surface area contributed by atoms with Crippen LogP contribution in [0.5, 0.6) is 0 Å². The lowest BCUT2D eigenvalue weighted by molar-refractivity contribution is -0.144. The Bertz CT molecular complexity index is 196. The third-order valence-electron chi connectivity index (χ3n) is 1.40. The van der Waals surface area contributed by atoms with Crippen molar-refractivity contribution in [1.82, 2.24) is 4.90 Å². The Morgan fingerprint density at radius 1 is 1.77 bits per heavy atom. The highest BCUT2D eigenvalue weighted by Gasteiger charge is 2.12. The zero-order valence-corrected chi connectivity index (χ0v) is 8.47. The van der Waals surface area contributed by atoms with E-state index in [2.05, 4.69) is 17.6 Å². The van der Waals surface area contributed by atoms with E-state index in [4.69, 9.17) is 4.74 Å². The molecule has 4 nitrogen and oxygen atoms in total. The van der Waals surface area contributed by atoms with E-state index in [1.54, 1.807) is 0 Å². The minimum atomic E-state index is -0.613. The van der Waals surface area contributed by atoms with Crippen LogP contribution in [0.4, 0.5) is 0 Å². The van der Waals surface area contributed by atoms with Gasteiger partial charge in [0.25, 0.3) is 0 Å². The summed E-state index contributed by atoms with van der Waals surface area (Å²) in [6.45, 7) is 3.93. The van der Waals surface area contributed by atoms with Crippen LogP contribution < -0.4 is 0 Å². The predicted molar refractivity (Wildman–Crippen MR) is 51.5 cm³/mol. The zero-order valence-electron chi connectivity index (χ0n) is 7.65. The van der Waals surface area contributed by atoms with Crippen LogP contribution in [0.15, 0.2) is 0 Å². The summed E-state index contributed by atoms with van der Waals surface area (Å²) in [5.41, 5.74) is 0. The fraction of sp³-hybridized carbons (Fsp3) is 0.625. The largest absolute Gasteiger partial charge is 0.455 e. The average Bonchev–Trinajstić information content (AvgIpc) is 2.11. The van der Waals surface area contributed by atoms with E-state index in [0.717, 1.165) is 0 Å². The Morgan fingerprint density at radius 3 is 2.69 bits per heavy atom. The molecule has 0 heterocycles. The minimum absolute atomic E-state index is 0.267. The van der Waals surface area contributed by atoms with E-state index in [1.807, 2.05) is 6.92 Å². The van der Waals surface area contributed by atoms with Crippen LogP contribution in [0.3, 0.4) is 0 Å². The molecule has 1 unspecified atom stereocenters. The maximum atomic E-state index is 10.6. The fourth-order valence-electron chi connectivity index (χ4n) is 0.759. The highest BCUT2D eigenvalue weighted by molar-refractivity contribution is 7.79. The number of carbonyl (C=O) groups excluding carboxylic acids is 2. The monoisotopic (exact) mass is 202 g/mol. The van der Waals surface area contributed by atoms with Crippen molar-refractivity contribution in [2.75, 3.05) is 13.1 Å². The molecule has 0 aliphatic heterocycles. The molecule has 0 bridgehead atoms. The molecule has 1 atom stereocenters. The van der Waals surface area contributed by atoms with Gasteiger partial charge in [0.15, 0.2) is 6.10 Å². The summed E-state index contributed by atoms with van der Waals surface area (Å²) < 4.78 is 4.78. The zero-order chi connectivity index (χ0) is 10.3. The first-order valence-electron chi connectivity index (χ1n) is 3.88. The number of esters is 1. The second kappa shape index (κ2) is 6.54. The number of thiocarbonyl (C=S) groups is 1. The van der Waals surface area contributed by atoms with Gasteiger partial charge in [0.1, 0.15) is 0 Å². The third kappa shape index (κ3) is 5.30. The lowest BCUT2D eigenvalue weighted by Crippen LogP contribution is -2.34. The topological polar surface area (TPSA) is 46.6 Å². The van der Waals surface area contributed by atoms with E-state index >= 15 is 0 Å². The van der Waals surface area contributed by atoms with Crippen molar-refractivity contribution >= 4 is 30.0 Å². The maximum absolute atomic E-state index is 10.6. The van der Waals surface area contributed by atoms with Crippen LogP contribution >= 0.6 is 12.2 Å². The van der Waals surface area contributed by atoms with Gasteiger partial charge in [-0.25, -0.2) is 0 Å². The third-order valence-corrected chi connectivity index (χ3v) is 1.66. The molecule has 0 saturated carbocycles. The van der Waals surface area contributed by atoms with Crippen molar-refractivity contribution in [3.05, 3.63) is 0 Å². The summed E-state index contributed by atoms with van der Waals surface area (Å²) in [6.07, 6.45) is 0.0704. The Balaban J connectivity index is 4.02. The smallest absolute Gasteiger partial charge is 0.303 e. The lowest BCUT2D eigenvalue weighted by atomic mass is 10.3. The molecular weight excluding hydrogens is 190 g/mol. The van der Waals surface area contributed by atoms with Crippen molar-refractivity contribution in [2.24, 2.45) is 0 Å². The highest BCUT2D eigenvalue weighted by Crippen LogP contribution is 1.94. The second-order valence-corrected chi connectivity index (χ2v) is 2.64. The first-order valence-corrected chi connectivity index (χ1v) is 4.29. The molecular formula is C8H12NO3S. The standard InChI is InChI=1S/C8H12NO3S/c1-3-9(6-10)4-8(5-13)12-7(2)11/h6,8H,3-4H2,1-2H3. The van der Waals surface area contributed by atoms with E-state index < -0.39 is 12.1 Å². The summed E-state index contributed by atoms with van der Waals surface area (Å²) in [6, 6.07) is 0. The van der Waals surface area contributed by atoms with Crippen molar-refractivity contribution in [3.63, 3.8) is 0 Å². The van der Waals surface area contributed by atoms with Crippen LogP contribution in [-0.2, 0) is 14.3 Å². The van der Waals surface area contributed by atoms with Gasteiger partial charge in [0.2, 0.25) is 6.41 Å². The molecule has 73 valence electrons. The molecule has 0 spiro atoms. The Hall–Kier alpha value is -0.970. The van der Waals surface area contributed by atoms with Crippen LogP contribution in [0.25, 0.3) is 0 Å². The number of hydrogen-bond acceptors (Lipinski definition) is 4. The number of amides is 1. The number of nitrogens with zero attached hydrogens (tertiary/aromatic N) is 1. The van der Waals surface area contributed by atoms with Gasteiger partial charge in [-0.3, -0.25) is 9.59 Å². The summed E-state index contributed by atoms with van der Waals surface area (Å²) in [4.78, 5) is 22.4. The van der Waals surface area contributed by atoms with Gasteiger partial charge in [0.05, 0.1) is 11.9 Å². The maximum Gasteiger partial charge on any atom is 0.303 e. The predicted octanol–water partition coefficient (Wildman–Crippen LogP) is 0.273. The number of likely N-dealkylation sites (N-methyl/N-ethyl adjacent to an activating group) is 1. The van der Waals surface area contributed by atoms with Crippen LogP contribution in [0.2, 0.25) is 0 Å². The second-order valence-electron chi connectivity index (χ2n) is 2.41. The SMILES string of the molecule is CCN(C=O)CC([C]=S)OC(C)=O. The molecule has 5 heteroatoms. The Morgan fingerprint density at radius 2 is 2.38 bits per heavy atom. The van der Waals surface area contributed by atoms with Crippen molar-refractivity contribution < 1.29 is 14.3 Å². The van der Waals surface area contributed by atoms with Gasteiger partial charge in [-0.2, -0.15) is 0 Å². The van der Waals surface area contributed by atoms with Crippen molar-refractivity contribution in [2.45, 2.75) is 20.0 Å². The van der Waals surface area contributed by atoms with E-state index in [0.29, 0.717) is 13.0 Å². The summed E-state index contributed by atoms with van der Waals surface area (Å²) >= 11 is 4.54. The van der Waals surface area contributed by atoms with Crippen molar-refractivity contribution in [1.29, 1.82) is 0 Å². The fourth-order valence-corrected chi connectivity index (χ4v) is 0.881. The summed E-state index contributed by atoms with van der Waals surface area (Å²) in [5, 5.41) is 2.37. The van der Waals surface area contributed by atoms with E-state index in [1.165, 1.54) is 11.8 Å². The summed E-state index contributed by atoms with van der Waals surface area (Å²) in [7, 11) is 0. The molecule has 0 aliphatic carbocycles. The minimum Gasteiger partial charge on any atom is -0.455 e. The van der Waals surface area contributed by atoms with E-state index in [-0.39, 0.29) is 6.54 Å². The molecule has 1 radical (unpaired) electrons. The molecule has 0 saturated heterocycles. The molecule has 0 fully saturated rings. The highest BCUT2D eigenvalue weighted by atomic mass is 32.1. The molecule has 0 aromatic rings. The molecule has 13 heavy (non-hydrogen) atoms. The molecule has 1 amide bonds. The number of carbonyl (C=O) groups is 2. The van der Waals surface area contributed by atoms with E-state index in [9.17, 15) is 9.59 Å². The molecule has 0 rings (SSSR count). The number of rotatable bonds is 6. The average molecular weight is 202 g/mol. The normalized spacial score (nSPS) is 11.5. The van der Waals surface area contributed by atoms with Crippen LogP contribution in [-0.4, -0.2) is 41.8 Å². The van der Waals surface area contributed by atoms with Gasteiger partial charge in [-0.15, -0.1) is 0 Å². The Kier molecular flexibility index (Phi) is 6.05. The molecule has 0 N–H and O–H groups in total. The van der Waals surface area contributed by atoms with Gasteiger partial charge in [-0.05, 0) is 6.92 Å². The van der Waals surface area contributed by atoms with Crippen LogP contribution in [0.1, 0.15) is 13.8 Å². The van der Waals surface area contributed by atoms with Crippen LogP contribution in [0, 0.1) is 0 Å². The first kappa shape index (κ1) is 12.0. The number of ether oxygens (including phenoxy) is 1. The lowest BCUT2D eigenvalue weighted by Gasteiger charge is -2.19. The Labute approximate surface area is 82.8 Å². The van der Waals surface area contributed by atoms with Gasteiger partial charge in [-0.1, -0.05) is 12.2 Å². The quantitative estimate of drug-likeness (QED) is 0.352. The molecule has 0 aromatic heterocycles. The van der Waals surface area contributed by atoms with Gasteiger partial charge >= 0.3 is 5.97 Å². The summed E-state index contributed by atoms with van der Waals surface area (Å²) in [5.74, 6) is -0.427. The van der Waals surface area contributed by atoms with Crippen molar-refractivity contribution in [3.8, 4) is 0 Å².